The molecule has 0 atom stereocenters. The minimum atomic E-state index is -3.00. The maximum absolute atomic E-state index is 14.6. The predicted octanol–water partition coefficient (Wildman–Crippen LogP) is 3.16. The molecule has 0 aliphatic heterocycles. The molecule has 0 fully saturated rings. The van der Waals surface area contributed by atoms with Crippen LogP contribution in [0.15, 0.2) is 47.0 Å². The quantitative estimate of drug-likeness (QED) is 0.405. The molecular formula is C20H15F4N7O2. The molecule has 0 aliphatic carbocycles. The van der Waals surface area contributed by atoms with Gasteiger partial charge in [-0.05, 0) is 24.3 Å². The number of anilines is 1. The number of nitrogens with one attached hydrogen (secondary N) is 1. The summed E-state index contributed by atoms with van der Waals surface area (Å²) in [5.74, 6) is -3.65. The van der Waals surface area contributed by atoms with Gasteiger partial charge in [0.15, 0.2) is 0 Å². The first-order valence-electron chi connectivity index (χ1n) is 9.44. The molecule has 13 heteroatoms. The van der Waals surface area contributed by atoms with Crippen LogP contribution >= 0.6 is 0 Å². The number of rotatable bonds is 7. The van der Waals surface area contributed by atoms with Crippen LogP contribution in [0.3, 0.4) is 0 Å². The summed E-state index contributed by atoms with van der Waals surface area (Å²) in [6, 6.07) is 8.54. The molecule has 9 nitrogen and oxygen atoms in total. The summed E-state index contributed by atoms with van der Waals surface area (Å²) < 4.78 is 60.3. The Morgan fingerprint density at radius 1 is 1.09 bits per heavy atom. The lowest BCUT2D eigenvalue weighted by Crippen LogP contribution is -2.21. The number of hydrogen-bond donors (Lipinski definition) is 2. The highest BCUT2D eigenvalue weighted by molar-refractivity contribution is 5.92. The summed E-state index contributed by atoms with van der Waals surface area (Å²) in [5.41, 5.74) is 6.30. The van der Waals surface area contributed by atoms with Crippen molar-refractivity contribution in [1.29, 1.82) is 0 Å². The van der Waals surface area contributed by atoms with Gasteiger partial charge in [-0.3, -0.25) is 4.79 Å². The Kier molecular flexibility index (Phi) is 6.13. The van der Waals surface area contributed by atoms with E-state index in [-0.39, 0.29) is 30.1 Å². The summed E-state index contributed by atoms with van der Waals surface area (Å²) in [5, 5.41) is 17.0. The molecule has 170 valence electrons. The van der Waals surface area contributed by atoms with Crippen molar-refractivity contribution >= 4 is 11.6 Å². The third kappa shape index (κ3) is 4.87. The number of amides is 1. The zero-order chi connectivity index (χ0) is 23.5. The number of nitrogens with zero attached hydrogens (tertiary/aromatic N) is 5. The largest absolute Gasteiger partial charge is 0.415 e. The Hall–Kier alpha value is -4.13. The van der Waals surface area contributed by atoms with Gasteiger partial charge in [0, 0.05) is 22.4 Å². The van der Waals surface area contributed by atoms with Crippen molar-refractivity contribution in [2.75, 3.05) is 11.9 Å². The van der Waals surface area contributed by atoms with Gasteiger partial charge in [-0.2, -0.15) is 8.78 Å². The van der Waals surface area contributed by atoms with Gasteiger partial charge in [-0.1, -0.05) is 17.3 Å². The lowest BCUT2D eigenvalue weighted by molar-refractivity contribution is -0.114. The summed E-state index contributed by atoms with van der Waals surface area (Å²) in [4.78, 5) is 11.5. The first-order valence-corrected chi connectivity index (χ1v) is 9.44. The second-order valence-corrected chi connectivity index (χ2v) is 6.80. The molecule has 0 radical (unpaired) electrons. The van der Waals surface area contributed by atoms with Gasteiger partial charge in [0.05, 0.1) is 19.3 Å². The maximum Gasteiger partial charge on any atom is 0.314 e. The maximum atomic E-state index is 14.6. The number of halogens is 4. The van der Waals surface area contributed by atoms with Crippen LogP contribution in [0.25, 0.3) is 22.7 Å². The molecule has 0 saturated carbocycles. The van der Waals surface area contributed by atoms with Crippen LogP contribution < -0.4 is 11.1 Å². The fraction of sp³-hybridized carbons (Fsp3) is 0.150. The molecular weight excluding hydrogens is 446 g/mol. The number of hydrogen-bond acceptors (Lipinski definition) is 7. The number of carbonyl (C=O) groups excluding carboxylic acids is 1. The van der Waals surface area contributed by atoms with Crippen LogP contribution in [0, 0.1) is 11.6 Å². The molecule has 0 spiro atoms. The number of aromatic nitrogens is 5. The smallest absolute Gasteiger partial charge is 0.314 e. The Morgan fingerprint density at radius 3 is 2.52 bits per heavy atom. The molecule has 1 amide bonds. The highest BCUT2D eigenvalue weighted by atomic mass is 19.3. The van der Waals surface area contributed by atoms with Gasteiger partial charge in [0.1, 0.15) is 17.3 Å². The predicted molar refractivity (Wildman–Crippen MR) is 107 cm³/mol. The Balaban J connectivity index is 1.54. The van der Waals surface area contributed by atoms with Gasteiger partial charge < -0.3 is 15.5 Å². The fourth-order valence-corrected chi connectivity index (χ4v) is 2.96. The molecule has 2 heterocycles. The lowest BCUT2D eigenvalue weighted by atomic mass is 10.1. The van der Waals surface area contributed by atoms with Crippen molar-refractivity contribution in [3.05, 3.63) is 65.7 Å². The van der Waals surface area contributed by atoms with Gasteiger partial charge in [-0.15, -0.1) is 15.3 Å². The number of alkyl halides is 2. The molecule has 0 bridgehead atoms. The third-order valence-electron chi connectivity index (χ3n) is 4.50. The van der Waals surface area contributed by atoms with Gasteiger partial charge >= 0.3 is 6.43 Å². The highest BCUT2D eigenvalue weighted by Crippen LogP contribution is 2.27. The van der Waals surface area contributed by atoms with E-state index in [1.165, 1.54) is 10.9 Å². The minimum absolute atomic E-state index is 0.170. The Labute approximate surface area is 183 Å². The van der Waals surface area contributed by atoms with Crippen LogP contribution in [-0.2, 0) is 11.3 Å². The van der Waals surface area contributed by atoms with Crippen molar-refractivity contribution in [1.82, 2.24) is 25.2 Å². The fourth-order valence-electron chi connectivity index (χ4n) is 2.96. The molecule has 2 aromatic heterocycles. The Morgan fingerprint density at radius 2 is 1.85 bits per heavy atom. The third-order valence-corrected chi connectivity index (χ3v) is 4.50. The van der Waals surface area contributed by atoms with E-state index in [0.717, 1.165) is 12.1 Å². The van der Waals surface area contributed by atoms with E-state index >= 15 is 0 Å². The highest BCUT2D eigenvalue weighted by Gasteiger charge is 2.20. The average Bonchev–Trinajstić information content (AvgIpc) is 3.46. The molecule has 0 unspecified atom stereocenters. The first kappa shape index (κ1) is 22.1. The minimum Gasteiger partial charge on any atom is -0.415 e. The summed E-state index contributed by atoms with van der Waals surface area (Å²) in [6.07, 6.45) is -1.52. The zero-order valence-corrected chi connectivity index (χ0v) is 16.7. The SMILES string of the molecule is NCC(=O)Nc1cccc(-c2cn(Cc3c(F)cc(-c4nnc(C(F)F)o4)cc3F)nn2)c1. The molecule has 0 saturated heterocycles. The zero-order valence-electron chi connectivity index (χ0n) is 16.7. The Bertz CT molecular complexity index is 1280. The molecule has 3 N–H and O–H groups in total. The molecule has 4 aromatic rings. The standard InChI is InChI=1S/C20H15F4N7O2/c21-14-5-11(19-28-29-20(33-19)18(23)24)6-15(22)13(14)8-31-9-16(27-30-31)10-2-1-3-12(4-10)26-17(32)7-25/h1-6,9,18H,7-8,25H2,(H,26,32). The number of benzene rings is 2. The number of nitrogens with two attached hydrogens (primary N) is 1. The van der Waals surface area contributed by atoms with Gasteiger partial charge in [0.25, 0.3) is 5.89 Å². The van der Waals surface area contributed by atoms with E-state index in [2.05, 4.69) is 25.8 Å². The lowest BCUT2D eigenvalue weighted by Gasteiger charge is -2.06. The summed E-state index contributed by atoms with van der Waals surface area (Å²) >= 11 is 0. The average molecular weight is 461 g/mol. The molecule has 4 rings (SSSR count). The van der Waals surface area contributed by atoms with Crippen LogP contribution in [0.1, 0.15) is 17.9 Å². The van der Waals surface area contributed by atoms with E-state index in [4.69, 9.17) is 10.2 Å². The van der Waals surface area contributed by atoms with Crippen molar-refractivity contribution in [3.63, 3.8) is 0 Å². The van der Waals surface area contributed by atoms with Crippen molar-refractivity contribution < 1.29 is 26.8 Å². The summed E-state index contributed by atoms with van der Waals surface area (Å²) in [7, 11) is 0. The van der Waals surface area contributed by atoms with Crippen LogP contribution in [0.4, 0.5) is 23.2 Å². The normalized spacial score (nSPS) is 11.2. The van der Waals surface area contributed by atoms with Crippen molar-refractivity contribution in [3.8, 4) is 22.7 Å². The van der Waals surface area contributed by atoms with E-state index in [1.54, 1.807) is 24.3 Å². The van der Waals surface area contributed by atoms with Crippen molar-refractivity contribution in [2.24, 2.45) is 5.73 Å². The van der Waals surface area contributed by atoms with Crippen molar-refractivity contribution in [2.45, 2.75) is 13.0 Å². The van der Waals surface area contributed by atoms with E-state index < -0.39 is 29.8 Å². The topological polar surface area (TPSA) is 125 Å². The van der Waals surface area contributed by atoms with Crippen LogP contribution in [-0.4, -0.2) is 37.6 Å². The van der Waals surface area contributed by atoms with E-state index in [1.807, 2.05) is 0 Å². The van der Waals surface area contributed by atoms with Crippen LogP contribution in [0.2, 0.25) is 0 Å². The monoisotopic (exact) mass is 461 g/mol. The van der Waals surface area contributed by atoms with Gasteiger partial charge in [0.2, 0.25) is 11.8 Å². The summed E-state index contributed by atoms with van der Waals surface area (Å²) in [6.45, 7) is -0.461. The molecule has 2 aromatic carbocycles. The second-order valence-electron chi connectivity index (χ2n) is 6.80. The van der Waals surface area contributed by atoms with Gasteiger partial charge in [-0.25, -0.2) is 13.5 Å². The van der Waals surface area contributed by atoms with E-state index in [9.17, 15) is 22.4 Å². The molecule has 33 heavy (non-hydrogen) atoms. The number of carbonyl (C=O) groups is 1. The second kappa shape index (κ2) is 9.16. The first-order chi connectivity index (χ1) is 15.8. The molecule has 0 aliphatic rings. The van der Waals surface area contributed by atoms with Crippen LogP contribution in [0.5, 0.6) is 0 Å². The van der Waals surface area contributed by atoms with E-state index in [0.29, 0.717) is 16.9 Å².